The van der Waals surface area contributed by atoms with Crippen LogP contribution in [0.5, 0.6) is 5.75 Å². The number of hydrogen-bond donors (Lipinski definition) is 1. The van der Waals surface area contributed by atoms with Crippen molar-refractivity contribution in [1.82, 2.24) is 4.90 Å². The van der Waals surface area contributed by atoms with E-state index >= 15 is 0 Å². The summed E-state index contributed by atoms with van der Waals surface area (Å²) in [5.74, 6) is 0.174. The molecule has 114 valence electrons. The summed E-state index contributed by atoms with van der Waals surface area (Å²) in [6.45, 7) is 1.34. The van der Waals surface area contributed by atoms with Crippen LogP contribution < -0.4 is 0 Å². The summed E-state index contributed by atoms with van der Waals surface area (Å²) in [6.07, 6.45) is 1.76. The molecule has 0 bridgehead atoms. The molecular weight excluding hydrogens is 281 g/mol. The van der Waals surface area contributed by atoms with Gasteiger partial charge >= 0.3 is 0 Å². The van der Waals surface area contributed by atoms with E-state index in [2.05, 4.69) is 0 Å². The number of phenols is 1. The average Bonchev–Trinajstić information content (AvgIpc) is 2.55. The third kappa shape index (κ3) is 3.11. The Morgan fingerprint density at radius 3 is 2.41 bits per heavy atom. The van der Waals surface area contributed by atoms with Gasteiger partial charge in [0.15, 0.2) is 0 Å². The molecule has 1 amide bonds. The van der Waals surface area contributed by atoms with Crippen LogP contribution in [0.2, 0.25) is 0 Å². The van der Waals surface area contributed by atoms with Crippen molar-refractivity contribution in [2.24, 2.45) is 0 Å². The molecule has 0 atom stereocenters. The molecule has 3 rings (SSSR count). The highest BCUT2D eigenvalue weighted by atomic mass is 19.1. The number of hydrogen-bond acceptors (Lipinski definition) is 2. The molecule has 22 heavy (non-hydrogen) atoms. The molecule has 3 nitrogen and oxygen atoms in total. The third-order valence-electron chi connectivity index (χ3n) is 4.22. The lowest BCUT2D eigenvalue weighted by atomic mass is 9.89. The van der Waals surface area contributed by atoms with Crippen molar-refractivity contribution in [3.8, 4) is 5.75 Å². The largest absolute Gasteiger partial charge is 0.508 e. The molecule has 2 aromatic carbocycles. The highest BCUT2D eigenvalue weighted by Crippen LogP contribution is 2.29. The fraction of sp³-hybridized carbons (Fsp3) is 0.278. The number of amides is 1. The van der Waals surface area contributed by atoms with Crippen LogP contribution in [0.25, 0.3) is 0 Å². The average molecular weight is 299 g/mol. The van der Waals surface area contributed by atoms with Gasteiger partial charge in [-0.3, -0.25) is 4.79 Å². The second-order valence-electron chi connectivity index (χ2n) is 5.67. The molecule has 0 saturated carbocycles. The first-order valence-electron chi connectivity index (χ1n) is 7.47. The van der Waals surface area contributed by atoms with Gasteiger partial charge in [0.1, 0.15) is 11.6 Å². The van der Waals surface area contributed by atoms with Crippen molar-refractivity contribution in [1.29, 1.82) is 0 Å². The zero-order valence-corrected chi connectivity index (χ0v) is 12.2. The predicted molar refractivity (Wildman–Crippen MR) is 82.4 cm³/mol. The number of halogens is 1. The van der Waals surface area contributed by atoms with Crippen molar-refractivity contribution in [2.45, 2.75) is 18.8 Å². The van der Waals surface area contributed by atoms with Gasteiger partial charge in [0.2, 0.25) is 0 Å². The smallest absolute Gasteiger partial charge is 0.253 e. The molecule has 0 aromatic heterocycles. The van der Waals surface area contributed by atoms with Gasteiger partial charge in [-0.25, -0.2) is 4.39 Å². The lowest BCUT2D eigenvalue weighted by Crippen LogP contribution is -2.37. The first-order chi connectivity index (χ1) is 10.6. The van der Waals surface area contributed by atoms with Crippen LogP contribution in [0.4, 0.5) is 4.39 Å². The topological polar surface area (TPSA) is 40.5 Å². The standard InChI is InChI=1S/C18H18FNO2/c19-16-3-1-2-15(12-16)18(22)20-10-8-14(9-11-20)13-4-6-17(21)7-5-13/h1-7,12,14,21H,8-11H2. The van der Waals surface area contributed by atoms with E-state index in [1.54, 1.807) is 29.2 Å². The molecule has 1 heterocycles. The molecule has 4 heteroatoms. The van der Waals surface area contributed by atoms with Crippen LogP contribution in [-0.2, 0) is 0 Å². The Labute approximate surface area is 129 Å². The molecule has 1 fully saturated rings. The quantitative estimate of drug-likeness (QED) is 0.921. The normalized spacial score (nSPS) is 15.8. The van der Waals surface area contributed by atoms with Gasteiger partial charge < -0.3 is 10.0 Å². The minimum absolute atomic E-state index is 0.108. The van der Waals surface area contributed by atoms with E-state index in [9.17, 15) is 14.3 Å². The maximum absolute atomic E-state index is 13.2. The highest BCUT2D eigenvalue weighted by molar-refractivity contribution is 5.94. The summed E-state index contributed by atoms with van der Waals surface area (Å²) < 4.78 is 13.2. The SMILES string of the molecule is O=C(c1cccc(F)c1)N1CCC(c2ccc(O)cc2)CC1. The number of benzene rings is 2. The molecule has 1 aliphatic heterocycles. The number of nitrogens with zero attached hydrogens (tertiary/aromatic N) is 1. The molecule has 1 saturated heterocycles. The Kier molecular flexibility index (Phi) is 4.09. The maximum atomic E-state index is 13.2. The fourth-order valence-electron chi connectivity index (χ4n) is 2.97. The van der Waals surface area contributed by atoms with Crippen molar-refractivity contribution < 1.29 is 14.3 Å². The molecule has 2 aromatic rings. The Hall–Kier alpha value is -2.36. The van der Waals surface area contributed by atoms with Gasteiger partial charge in [0, 0.05) is 18.7 Å². The monoisotopic (exact) mass is 299 g/mol. The second kappa shape index (κ2) is 6.18. The van der Waals surface area contributed by atoms with Gasteiger partial charge in [-0.1, -0.05) is 18.2 Å². The number of piperidine rings is 1. The van der Waals surface area contributed by atoms with Gasteiger partial charge in [0.25, 0.3) is 5.91 Å². The number of likely N-dealkylation sites (tertiary alicyclic amines) is 1. The van der Waals surface area contributed by atoms with Gasteiger partial charge in [0.05, 0.1) is 0 Å². The molecular formula is C18H18FNO2. The number of carbonyl (C=O) groups excluding carboxylic acids is 1. The highest BCUT2D eigenvalue weighted by Gasteiger charge is 2.24. The summed E-state index contributed by atoms with van der Waals surface area (Å²) in [7, 11) is 0. The van der Waals surface area contributed by atoms with Crippen LogP contribution in [-0.4, -0.2) is 29.0 Å². The van der Waals surface area contributed by atoms with Gasteiger partial charge in [-0.05, 0) is 54.7 Å². The first kappa shape index (κ1) is 14.6. The number of carbonyl (C=O) groups is 1. The number of phenolic OH excluding ortho intramolecular Hbond substituents is 1. The lowest BCUT2D eigenvalue weighted by molar-refractivity contribution is 0.0712. The molecule has 0 unspecified atom stereocenters. The fourth-order valence-corrected chi connectivity index (χ4v) is 2.97. The van der Waals surface area contributed by atoms with Crippen molar-refractivity contribution in [2.75, 3.05) is 13.1 Å². The van der Waals surface area contributed by atoms with E-state index in [-0.39, 0.29) is 17.5 Å². The molecule has 1 N–H and O–H groups in total. The number of aromatic hydroxyl groups is 1. The van der Waals surface area contributed by atoms with Crippen molar-refractivity contribution in [3.05, 3.63) is 65.5 Å². The van der Waals surface area contributed by atoms with E-state index in [4.69, 9.17) is 0 Å². The minimum Gasteiger partial charge on any atom is -0.508 e. The molecule has 0 radical (unpaired) electrons. The van der Waals surface area contributed by atoms with Crippen LogP contribution >= 0.6 is 0 Å². The molecule has 1 aliphatic rings. The first-order valence-corrected chi connectivity index (χ1v) is 7.47. The van der Waals surface area contributed by atoms with Crippen LogP contribution in [0.3, 0.4) is 0 Å². The molecule has 0 aliphatic carbocycles. The van der Waals surface area contributed by atoms with Crippen LogP contribution in [0.15, 0.2) is 48.5 Å². The van der Waals surface area contributed by atoms with Crippen LogP contribution in [0, 0.1) is 5.82 Å². The van der Waals surface area contributed by atoms with Crippen molar-refractivity contribution in [3.63, 3.8) is 0 Å². The lowest BCUT2D eigenvalue weighted by Gasteiger charge is -2.32. The summed E-state index contributed by atoms with van der Waals surface area (Å²) in [5.41, 5.74) is 1.60. The van der Waals surface area contributed by atoms with Gasteiger partial charge in [-0.2, -0.15) is 0 Å². The third-order valence-corrected chi connectivity index (χ3v) is 4.22. The van der Waals surface area contributed by atoms with E-state index in [0.717, 1.165) is 12.8 Å². The van der Waals surface area contributed by atoms with E-state index < -0.39 is 0 Å². The zero-order valence-electron chi connectivity index (χ0n) is 12.2. The van der Waals surface area contributed by atoms with Crippen LogP contribution in [0.1, 0.15) is 34.7 Å². The molecule has 0 spiro atoms. The Bertz CT molecular complexity index is 661. The number of rotatable bonds is 2. The predicted octanol–water partition coefficient (Wildman–Crippen LogP) is 3.55. The summed E-state index contributed by atoms with van der Waals surface area (Å²) >= 11 is 0. The minimum atomic E-state index is -0.384. The summed E-state index contributed by atoms with van der Waals surface area (Å²) in [4.78, 5) is 14.1. The Balaban J connectivity index is 1.64. The Morgan fingerprint density at radius 1 is 1.09 bits per heavy atom. The maximum Gasteiger partial charge on any atom is 0.253 e. The van der Waals surface area contributed by atoms with Gasteiger partial charge in [-0.15, -0.1) is 0 Å². The Morgan fingerprint density at radius 2 is 1.77 bits per heavy atom. The van der Waals surface area contributed by atoms with Crippen molar-refractivity contribution >= 4 is 5.91 Å². The second-order valence-corrected chi connectivity index (χ2v) is 5.67. The van der Waals surface area contributed by atoms with E-state index in [1.165, 1.54) is 17.7 Å². The zero-order chi connectivity index (χ0) is 15.5. The van der Waals surface area contributed by atoms with E-state index in [0.29, 0.717) is 24.6 Å². The summed E-state index contributed by atoms with van der Waals surface area (Å²) in [5, 5.41) is 9.33. The summed E-state index contributed by atoms with van der Waals surface area (Å²) in [6, 6.07) is 13.1. The van der Waals surface area contributed by atoms with E-state index in [1.807, 2.05) is 12.1 Å².